The molecule has 13 heavy (non-hydrogen) atoms. The molecule has 4 nitrogen and oxygen atoms in total. The number of carbonyl (C=O) groups is 1. The molecule has 4 heteroatoms. The smallest absolute Gasteiger partial charge is 0.248 e. The summed E-state index contributed by atoms with van der Waals surface area (Å²) in [4.78, 5) is 10.8. The normalized spacial score (nSPS) is 12.6. The lowest BCUT2D eigenvalue weighted by molar-refractivity contribution is 0.1000. The first-order valence-electron chi connectivity index (χ1n) is 3.79. The number of nitrogens with two attached hydrogens (primary N) is 1. The topological polar surface area (TPSA) is 64.4 Å². The Kier molecular flexibility index (Phi) is 1.66. The van der Waals surface area contributed by atoms with Crippen molar-refractivity contribution in [1.82, 2.24) is 0 Å². The maximum absolute atomic E-state index is 10.8. The van der Waals surface area contributed by atoms with E-state index in [4.69, 9.17) is 10.5 Å². The second kappa shape index (κ2) is 2.82. The summed E-state index contributed by atoms with van der Waals surface area (Å²) in [5.74, 6) is 0.153. The number of hydrogen-bond donors (Lipinski definition) is 2. The summed E-state index contributed by atoms with van der Waals surface area (Å²) >= 11 is 0. The number of benzene rings is 1. The summed E-state index contributed by atoms with van der Waals surface area (Å²) in [5, 5.41) is 2.97. The van der Waals surface area contributed by atoms with Gasteiger partial charge in [-0.1, -0.05) is 0 Å². The van der Waals surface area contributed by atoms with Gasteiger partial charge in [-0.05, 0) is 18.2 Å². The minimum absolute atomic E-state index is 0.441. The predicted octanol–water partition coefficient (Wildman–Crippen LogP) is 1.06. The van der Waals surface area contributed by atoms with Gasteiger partial charge in [0, 0.05) is 11.8 Å². The molecule has 3 N–H and O–H groups in total. The first kappa shape index (κ1) is 7.67. The van der Waals surface area contributed by atoms with Crippen molar-refractivity contribution in [3.8, 4) is 5.75 Å². The van der Waals surface area contributed by atoms with Crippen molar-refractivity contribution in [3.63, 3.8) is 0 Å². The van der Waals surface area contributed by atoms with E-state index in [9.17, 15) is 4.79 Å². The van der Waals surface area contributed by atoms with Crippen LogP contribution in [-0.2, 0) is 0 Å². The average molecular weight is 176 g/mol. The summed E-state index contributed by atoms with van der Waals surface area (Å²) in [7, 11) is 0. The maximum Gasteiger partial charge on any atom is 0.248 e. The van der Waals surface area contributed by atoms with Gasteiger partial charge in [0.2, 0.25) is 5.91 Å². The van der Waals surface area contributed by atoms with Crippen molar-refractivity contribution in [2.45, 2.75) is 0 Å². The minimum Gasteiger partial charge on any atom is -0.461 e. The molecule has 0 unspecified atom stereocenters. The van der Waals surface area contributed by atoms with Crippen molar-refractivity contribution in [2.24, 2.45) is 5.73 Å². The molecule has 1 aliphatic rings. The van der Waals surface area contributed by atoms with E-state index in [1.807, 2.05) is 0 Å². The highest BCUT2D eigenvalue weighted by molar-refractivity contribution is 5.94. The van der Waals surface area contributed by atoms with Crippen molar-refractivity contribution in [3.05, 3.63) is 36.2 Å². The number of rotatable bonds is 1. The van der Waals surface area contributed by atoms with Crippen molar-refractivity contribution in [2.75, 3.05) is 5.32 Å². The van der Waals surface area contributed by atoms with Gasteiger partial charge in [-0.15, -0.1) is 0 Å². The van der Waals surface area contributed by atoms with Crippen LogP contribution in [0.5, 0.6) is 5.75 Å². The second-order valence-corrected chi connectivity index (χ2v) is 2.64. The van der Waals surface area contributed by atoms with Crippen LogP contribution in [0.2, 0.25) is 0 Å². The van der Waals surface area contributed by atoms with Gasteiger partial charge in [-0.3, -0.25) is 4.79 Å². The molecule has 0 spiro atoms. The van der Waals surface area contributed by atoms with E-state index in [1.165, 1.54) is 6.26 Å². The summed E-state index contributed by atoms with van der Waals surface area (Å²) in [5.41, 5.74) is 6.38. The fourth-order valence-electron chi connectivity index (χ4n) is 1.12. The molecule has 1 heterocycles. The third kappa shape index (κ3) is 1.33. The quantitative estimate of drug-likeness (QED) is 0.672. The van der Waals surface area contributed by atoms with E-state index in [2.05, 4.69) is 5.32 Å². The van der Waals surface area contributed by atoms with Gasteiger partial charge in [-0.25, -0.2) is 0 Å². The highest BCUT2D eigenvalue weighted by atomic mass is 16.5. The van der Waals surface area contributed by atoms with Crippen LogP contribution in [0.25, 0.3) is 0 Å². The summed E-state index contributed by atoms with van der Waals surface area (Å²) in [6, 6.07) is 5.00. The largest absolute Gasteiger partial charge is 0.461 e. The van der Waals surface area contributed by atoms with Gasteiger partial charge >= 0.3 is 0 Å². The minimum atomic E-state index is -0.457. The van der Waals surface area contributed by atoms with E-state index in [1.54, 1.807) is 24.4 Å². The van der Waals surface area contributed by atoms with Gasteiger partial charge in [-0.2, -0.15) is 0 Å². The highest BCUT2D eigenvalue weighted by Gasteiger charge is 2.08. The molecule has 1 aromatic carbocycles. The van der Waals surface area contributed by atoms with Gasteiger partial charge in [0.05, 0.1) is 5.69 Å². The molecule has 0 aliphatic carbocycles. The number of nitrogens with one attached hydrogen (secondary N) is 1. The number of ether oxygens (including phenoxy) is 1. The molecule has 66 valence electrons. The van der Waals surface area contributed by atoms with E-state index < -0.39 is 5.91 Å². The first-order chi connectivity index (χ1) is 6.27. The van der Waals surface area contributed by atoms with Crippen molar-refractivity contribution >= 4 is 11.6 Å². The lowest BCUT2D eigenvalue weighted by Gasteiger charge is -2.13. The third-order valence-corrected chi connectivity index (χ3v) is 1.77. The van der Waals surface area contributed by atoms with Gasteiger partial charge in [0.1, 0.15) is 6.26 Å². The molecule has 1 aliphatic heterocycles. The van der Waals surface area contributed by atoms with E-state index in [-0.39, 0.29) is 0 Å². The predicted molar refractivity (Wildman–Crippen MR) is 48.4 cm³/mol. The zero-order valence-corrected chi connectivity index (χ0v) is 6.78. The fraction of sp³-hybridized carbons (Fsp3) is 0. The van der Waals surface area contributed by atoms with Crippen LogP contribution in [0.4, 0.5) is 5.69 Å². The molecule has 0 atom stereocenters. The second-order valence-electron chi connectivity index (χ2n) is 2.64. The Hall–Kier alpha value is -1.97. The van der Waals surface area contributed by atoms with Crippen LogP contribution in [0, 0.1) is 0 Å². The number of fused-ring (bicyclic) bond motifs is 1. The zero-order valence-electron chi connectivity index (χ0n) is 6.78. The molecule has 1 aromatic rings. The van der Waals surface area contributed by atoms with Crippen molar-refractivity contribution < 1.29 is 9.53 Å². The van der Waals surface area contributed by atoms with Gasteiger partial charge < -0.3 is 15.8 Å². The summed E-state index contributed by atoms with van der Waals surface area (Å²) in [6.07, 6.45) is 3.18. The molecule has 1 amide bonds. The first-order valence-corrected chi connectivity index (χ1v) is 3.79. The zero-order chi connectivity index (χ0) is 9.26. The van der Waals surface area contributed by atoms with Crippen LogP contribution in [-0.4, -0.2) is 5.91 Å². The SMILES string of the molecule is NC(=O)c1ccc2c(c1)OC=CN2. The Labute approximate surface area is 75.0 Å². The summed E-state index contributed by atoms with van der Waals surface area (Å²) in [6.45, 7) is 0. The van der Waals surface area contributed by atoms with Crippen LogP contribution >= 0.6 is 0 Å². The standard InChI is InChI=1S/C9H8N2O2/c10-9(12)6-1-2-7-8(5-6)13-4-3-11-7/h1-5,11H,(H2,10,12). The monoisotopic (exact) mass is 176 g/mol. The molecule has 0 saturated heterocycles. The lowest BCUT2D eigenvalue weighted by atomic mass is 10.2. The number of amides is 1. The Bertz CT molecular complexity index is 385. The molecule has 0 fully saturated rings. The average Bonchev–Trinajstić information content (AvgIpc) is 2.17. The molecule has 2 rings (SSSR count). The van der Waals surface area contributed by atoms with Crippen molar-refractivity contribution in [1.29, 1.82) is 0 Å². The Balaban J connectivity index is 2.44. The summed E-state index contributed by atoms with van der Waals surface area (Å²) < 4.78 is 5.16. The Morgan fingerprint density at radius 3 is 3.08 bits per heavy atom. The highest BCUT2D eigenvalue weighted by Crippen LogP contribution is 2.28. The maximum atomic E-state index is 10.8. The number of primary amides is 1. The molecule has 0 aromatic heterocycles. The molecular weight excluding hydrogens is 168 g/mol. The fourth-order valence-corrected chi connectivity index (χ4v) is 1.12. The number of carbonyl (C=O) groups excluding carboxylic acids is 1. The van der Waals surface area contributed by atoms with Gasteiger partial charge in [0.25, 0.3) is 0 Å². The third-order valence-electron chi connectivity index (χ3n) is 1.77. The van der Waals surface area contributed by atoms with E-state index in [0.717, 1.165) is 5.69 Å². The molecule has 0 saturated carbocycles. The number of anilines is 1. The van der Waals surface area contributed by atoms with Crippen LogP contribution in [0.15, 0.2) is 30.7 Å². The molecular formula is C9H8N2O2. The Morgan fingerprint density at radius 2 is 2.31 bits per heavy atom. The Morgan fingerprint density at radius 1 is 1.46 bits per heavy atom. The lowest BCUT2D eigenvalue weighted by Crippen LogP contribution is -2.11. The van der Waals surface area contributed by atoms with Crippen LogP contribution < -0.4 is 15.8 Å². The van der Waals surface area contributed by atoms with Crippen LogP contribution in [0.3, 0.4) is 0 Å². The molecule has 0 bridgehead atoms. The van der Waals surface area contributed by atoms with E-state index in [0.29, 0.717) is 11.3 Å². The van der Waals surface area contributed by atoms with Gasteiger partial charge in [0.15, 0.2) is 5.75 Å². The van der Waals surface area contributed by atoms with Crippen LogP contribution in [0.1, 0.15) is 10.4 Å². The van der Waals surface area contributed by atoms with E-state index >= 15 is 0 Å². The number of hydrogen-bond acceptors (Lipinski definition) is 3. The molecule has 0 radical (unpaired) electrons.